The van der Waals surface area contributed by atoms with Gasteiger partial charge >= 0.3 is 5.97 Å². The highest BCUT2D eigenvalue weighted by atomic mass is 16.7. The molecule has 17 atom stereocenters. The molecule has 2 amide bonds. The van der Waals surface area contributed by atoms with Gasteiger partial charge in [0.1, 0.15) is 12.2 Å². The lowest BCUT2D eigenvalue weighted by molar-refractivity contribution is -0.305. The van der Waals surface area contributed by atoms with E-state index < -0.39 is 147 Å². The van der Waals surface area contributed by atoms with Crippen molar-refractivity contribution >= 4 is 17.8 Å². The SMILES string of the molecule is C[C@H]1C[C@H](O)[C@@H](C)/C=C/C=C/C=C/C=C/C=C/C=C/C=C/C(O[C@@H]2OC[C@@H](O)[C@H](N)[C@@H]2O)C[C@@H]2OC(O)(CC(O)CC(O)C(O)CCC(O)CC(O)CC(=O)O1)C[C@H](O)C2C(=O)N1CCC(C(N)=O)CC1. The molecule has 4 aliphatic heterocycles. The van der Waals surface area contributed by atoms with Gasteiger partial charge in [0.15, 0.2) is 12.1 Å². The maximum atomic E-state index is 14.3. The first kappa shape index (κ1) is 59.6. The van der Waals surface area contributed by atoms with E-state index in [9.17, 15) is 65.4 Å². The number of esters is 1. The Hall–Kier alpha value is -3.97. The van der Waals surface area contributed by atoms with Crippen molar-refractivity contribution in [2.75, 3.05) is 19.7 Å². The number of ether oxygens (including phenoxy) is 4. The minimum absolute atomic E-state index is 0.104. The van der Waals surface area contributed by atoms with Crippen LogP contribution in [0.5, 0.6) is 0 Å². The van der Waals surface area contributed by atoms with Gasteiger partial charge in [-0.3, -0.25) is 14.4 Å². The number of carbonyl (C=O) groups is 3. The molecule has 0 aliphatic carbocycles. The summed E-state index contributed by atoms with van der Waals surface area (Å²) in [6.07, 6.45) is 5.95. The number of hydrogen-bond acceptors (Lipinski definition) is 18. The topological polar surface area (TPSA) is 346 Å². The summed E-state index contributed by atoms with van der Waals surface area (Å²) >= 11 is 0. The number of cyclic esters (lactones) is 1. The van der Waals surface area contributed by atoms with Crippen LogP contribution in [0.15, 0.2) is 85.1 Å². The van der Waals surface area contributed by atoms with Gasteiger partial charge in [0, 0.05) is 57.0 Å². The maximum Gasteiger partial charge on any atom is 0.308 e. The van der Waals surface area contributed by atoms with Crippen LogP contribution in [-0.4, -0.2) is 185 Å². The number of primary amides is 1. The highest BCUT2D eigenvalue weighted by Gasteiger charge is 2.51. The summed E-state index contributed by atoms with van der Waals surface area (Å²) in [6, 6.07) is -1.13. The maximum absolute atomic E-state index is 14.3. The van der Waals surface area contributed by atoms with Gasteiger partial charge in [0.05, 0.1) is 86.0 Å². The average Bonchev–Trinajstić information content (AvgIpc) is 3.29. The Bertz CT molecular complexity index is 1870. The number of allylic oxidation sites excluding steroid dienone is 12. The minimum Gasteiger partial charge on any atom is -0.462 e. The second-order valence-corrected chi connectivity index (χ2v) is 19.4. The molecule has 3 fully saturated rings. The number of likely N-dealkylation sites (tertiary alicyclic amines) is 1. The lowest BCUT2D eigenvalue weighted by Gasteiger charge is -2.47. The van der Waals surface area contributed by atoms with Crippen molar-refractivity contribution in [3.63, 3.8) is 0 Å². The Morgan fingerprint density at radius 2 is 1.27 bits per heavy atom. The van der Waals surface area contributed by atoms with Gasteiger partial charge in [-0.05, 0) is 39.0 Å². The monoisotopic (exact) mass is 1010 g/mol. The quantitative estimate of drug-likeness (QED) is 0.161. The third kappa shape index (κ3) is 20.1. The summed E-state index contributed by atoms with van der Waals surface area (Å²) in [5.74, 6) is -6.06. The molecule has 71 heavy (non-hydrogen) atoms. The van der Waals surface area contributed by atoms with E-state index in [4.69, 9.17) is 30.4 Å². The second-order valence-electron chi connectivity index (χ2n) is 19.4. The molecule has 8 unspecified atom stereocenters. The zero-order valence-electron chi connectivity index (χ0n) is 40.7. The molecule has 4 heterocycles. The number of nitrogens with zero attached hydrogens (tertiary/aromatic N) is 1. The third-order valence-electron chi connectivity index (χ3n) is 13.3. The predicted molar refractivity (Wildman–Crippen MR) is 259 cm³/mol. The lowest BCUT2D eigenvalue weighted by Crippen LogP contribution is -2.60. The standard InChI is InChI=1S/C51H79N3O17/c1-31-15-13-11-9-7-5-3-4-6-8-10-12-14-16-37(70-50-47(64)46(52)42(62)30-68-50)27-43-45(49(66)54-21-19-33(20-22-54)48(53)65)41(61)29-51(67,71-43)28-36(57)25-40(60)38(58)18-17-34(55)24-35(56)26-44(63)69-32(2)23-39(31)59/h3-16,31-43,45-47,50,55-62,64,67H,17-30,52H2,1-2H3,(H2,53,65)/b4-3+,7-5+,8-6+,11-9+,12-10+,15-13+,16-14+/t31-,32-,34?,35?,36?,37?,38?,39-,40?,41-,42+,43-,45?,46-,47-,50-,51?/m0/s1. The van der Waals surface area contributed by atoms with Crippen LogP contribution in [0.2, 0.25) is 0 Å². The van der Waals surface area contributed by atoms with Crippen LogP contribution in [0.3, 0.4) is 0 Å². The molecule has 0 saturated carbocycles. The number of carbonyl (C=O) groups excluding carboxylic acids is 3. The van der Waals surface area contributed by atoms with Crippen LogP contribution >= 0.6 is 0 Å². The van der Waals surface area contributed by atoms with E-state index in [0.29, 0.717) is 12.8 Å². The predicted octanol–water partition coefficient (Wildman–Crippen LogP) is -0.283. The number of aliphatic hydroxyl groups is 10. The van der Waals surface area contributed by atoms with Crippen LogP contribution in [-0.2, 0) is 33.3 Å². The normalized spacial score (nSPS) is 42.1. The molecule has 2 bridgehead atoms. The molecule has 20 heteroatoms. The Morgan fingerprint density at radius 1 is 0.676 bits per heavy atom. The van der Waals surface area contributed by atoms with Gasteiger partial charge in [-0.1, -0.05) is 92.0 Å². The Kier molecular flexibility index (Phi) is 24.9. The second kappa shape index (κ2) is 29.7. The van der Waals surface area contributed by atoms with Crippen molar-refractivity contribution in [1.82, 2.24) is 4.90 Å². The van der Waals surface area contributed by atoms with Crippen molar-refractivity contribution < 1.29 is 84.4 Å². The summed E-state index contributed by atoms with van der Waals surface area (Å²) in [7, 11) is 0. The number of nitrogens with two attached hydrogens (primary N) is 2. The Labute approximate surface area is 415 Å². The first-order valence-electron chi connectivity index (χ1n) is 24.7. The van der Waals surface area contributed by atoms with Gasteiger partial charge < -0.3 is 86.4 Å². The highest BCUT2D eigenvalue weighted by Crippen LogP contribution is 2.39. The van der Waals surface area contributed by atoms with E-state index in [0.717, 1.165) is 0 Å². The van der Waals surface area contributed by atoms with Crippen molar-refractivity contribution in [2.45, 2.75) is 176 Å². The van der Waals surface area contributed by atoms with Gasteiger partial charge in [-0.15, -0.1) is 0 Å². The summed E-state index contributed by atoms with van der Waals surface area (Å²) in [4.78, 5) is 40.2. The Balaban J connectivity index is 1.60. The molecule has 4 aliphatic rings. The largest absolute Gasteiger partial charge is 0.462 e. The van der Waals surface area contributed by atoms with Crippen LogP contribution < -0.4 is 11.5 Å². The highest BCUT2D eigenvalue weighted by molar-refractivity contribution is 5.81. The number of hydrogen-bond donors (Lipinski definition) is 12. The molecular weight excluding hydrogens is 927 g/mol. The number of aliphatic hydroxyl groups excluding tert-OH is 9. The molecule has 0 aromatic heterocycles. The van der Waals surface area contributed by atoms with E-state index >= 15 is 0 Å². The van der Waals surface area contributed by atoms with E-state index in [1.807, 2.05) is 37.3 Å². The molecular formula is C51H79N3O17. The van der Waals surface area contributed by atoms with E-state index in [1.165, 1.54) is 4.90 Å². The first-order valence-corrected chi connectivity index (χ1v) is 24.7. The summed E-state index contributed by atoms with van der Waals surface area (Å²) in [6.45, 7) is 3.50. The number of rotatable bonds is 4. The van der Waals surface area contributed by atoms with Gasteiger partial charge in [0.25, 0.3) is 0 Å². The van der Waals surface area contributed by atoms with E-state index in [-0.39, 0.29) is 57.7 Å². The fourth-order valence-electron chi connectivity index (χ4n) is 9.09. The van der Waals surface area contributed by atoms with Crippen molar-refractivity contribution in [1.29, 1.82) is 0 Å². The fraction of sp³-hybridized carbons (Fsp3) is 0.667. The average molecular weight is 1010 g/mol. The van der Waals surface area contributed by atoms with Gasteiger partial charge in [-0.2, -0.15) is 0 Å². The van der Waals surface area contributed by atoms with Gasteiger partial charge in [-0.25, -0.2) is 0 Å². The van der Waals surface area contributed by atoms with Crippen LogP contribution in [0.25, 0.3) is 0 Å². The van der Waals surface area contributed by atoms with Crippen molar-refractivity contribution in [3.05, 3.63) is 85.1 Å². The molecule has 0 spiro atoms. The number of amides is 2. The van der Waals surface area contributed by atoms with Crippen LogP contribution in [0, 0.1) is 17.8 Å². The minimum atomic E-state index is -2.30. The third-order valence-corrected chi connectivity index (χ3v) is 13.3. The number of piperidine rings is 1. The molecule has 4 rings (SSSR count). The summed E-state index contributed by atoms with van der Waals surface area (Å²) in [5, 5.41) is 109. The van der Waals surface area contributed by atoms with Gasteiger partial charge in [0.2, 0.25) is 11.8 Å². The van der Waals surface area contributed by atoms with Crippen LogP contribution in [0.1, 0.15) is 84.5 Å². The zero-order chi connectivity index (χ0) is 52.3. The summed E-state index contributed by atoms with van der Waals surface area (Å²) in [5.41, 5.74) is 11.6. The molecule has 20 nitrogen and oxygen atoms in total. The summed E-state index contributed by atoms with van der Waals surface area (Å²) < 4.78 is 23.4. The molecule has 0 aromatic carbocycles. The van der Waals surface area contributed by atoms with Crippen molar-refractivity contribution in [2.24, 2.45) is 29.2 Å². The number of fused-ring (bicyclic) bond motifs is 2. The van der Waals surface area contributed by atoms with E-state index in [1.54, 1.807) is 61.6 Å². The fourth-order valence-corrected chi connectivity index (χ4v) is 9.09. The van der Waals surface area contributed by atoms with Crippen molar-refractivity contribution in [3.8, 4) is 0 Å². The zero-order valence-corrected chi connectivity index (χ0v) is 40.7. The Morgan fingerprint density at radius 3 is 1.87 bits per heavy atom. The molecule has 0 aromatic rings. The molecule has 400 valence electrons. The van der Waals surface area contributed by atoms with E-state index in [2.05, 4.69) is 0 Å². The smallest absolute Gasteiger partial charge is 0.308 e. The lowest BCUT2D eigenvalue weighted by atomic mass is 9.81. The van der Waals surface area contributed by atoms with Crippen LogP contribution in [0.4, 0.5) is 0 Å². The first-order chi connectivity index (χ1) is 33.7. The molecule has 14 N–H and O–H groups in total. The molecule has 3 saturated heterocycles. The molecule has 0 radical (unpaired) electrons.